The molecule has 0 amide bonds. The summed E-state index contributed by atoms with van der Waals surface area (Å²) in [5.74, 6) is -1.26. The van der Waals surface area contributed by atoms with Crippen molar-refractivity contribution in [2.75, 3.05) is 19.5 Å². The SMILES string of the molecule is CS(=O)(=O)OC[C@@H]1CO[C@](Cn2cncn2)(c2ccc(Cl)cc2Cl)O1. The molecule has 0 aliphatic carbocycles. The standard InChI is InChI=1S/C14H15Cl2N3O5S/c1-25(20,21)23-6-11-5-22-14(24-11,7-19-9-17-8-18-19)12-3-2-10(15)4-13(12)16/h2-4,8-9,11H,5-7H2,1H3/t11-,14-/m0/s1. The summed E-state index contributed by atoms with van der Waals surface area (Å²) in [6.07, 6.45) is 3.28. The largest absolute Gasteiger partial charge is 0.342 e. The normalized spacial score (nSPS) is 23.9. The summed E-state index contributed by atoms with van der Waals surface area (Å²) in [6.45, 7) is 0.135. The van der Waals surface area contributed by atoms with Crippen molar-refractivity contribution >= 4 is 33.3 Å². The third-order valence-electron chi connectivity index (χ3n) is 3.51. The minimum absolute atomic E-state index is 0.128. The lowest BCUT2D eigenvalue weighted by molar-refractivity contribution is -0.190. The molecule has 11 heteroatoms. The van der Waals surface area contributed by atoms with E-state index in [1.54, 1.807) is 18.2 Å². The minimum Gasteiger partial charge on any atom is -0.342 e. The zero-order valence-corrected chi connectivity index (χ0v) is 15.5. The molecule has 0 N–H and O–H groups in total. The molecule has 2 heterocycles. The quantitative estimate of drug-likeness (QED) is 0.674. The first-order chi connectivity index (χ1) is 11.8. The third kappa shape index (κ3) is 4.49. The van der Waals surface area contributed by atoms with Crippen LogP contribution >= 0.6 is 23.2 Å². The van der Waals surface area contributed by atoms with Gasteiger partial charge >= 0.3 is 0 Å². The summed E-state index contributed by atoms with van der Waals surface area (Å²) in [6, 6.07) is 4.94. The van der Waals surface area contributed by atoms with Crippen molar-refractivity contribution in [1.82, 2.24) is 14.8 Å². The smallest absolute Gasteiger partial charge is 0.264 e. The number of benzene rings is 1. The van der Waals surface area contributed by atoms with Gasteiger partial charge in [0, 0.05) is 10.6 Å². The Morgan fingerprint density at radius 2 is 2.24 bits per heavy atom. The molecule has 136 valence electrons. The van der Waals surface area contributed by atoms with E-state index in [4.69, 9.17) is 36.9 Å². The van der Waals surface area contributed by atoms with E-state index in [9.17, 15) is 8.42 Å². The fourth-order valence-corrected chi connectivity index (χ4v) is 3.43. The highest BCUT2D eigenvalue weighted by molar-refractivity contribution is 7.85. The van der Waals surface area contributed by atoms with E-state index in [1.165, 1.54) is 17.3 Å². The van der Waals surface area contributed by atoms with Gasteiger partial charge in [0.05, 0.1) is 24.5 Å². The Balaban J connectivity index is 1.88. The van der Waals surface area contributed by atoms with Crippen LogP contribution < -0.4 is 0 Å². The lowest BCUT2D eigenvalue weighted by atomic mass is 10.1. The van der Waals surface area contributed by atoms with Crippen LogP contribution in [0.1, 0.15) is 5.56 Å². The predicted octanol–water partition coefficient (Wildman–Crippen LogP) is 1.83. The molecule has 0 unspecified atom stereocenters. The minimum atomic E-state index is -3.58. The van der Waals surface area contributed by atoms with Crippen LogP contribution in [0.5, 0.6) is 0 Å². The van der Waals surface area contributed by atoms with Crippen molar-refractivity contribution in [3.05, 3.63) is 46.5 Å². The van der Waals surface area contributed by atoms with Crippen LogP contribution in [0.2, 0.25) is 10.0 Å². The number of aromatic nitrogens is 3. The van der Waals surface area contributed by atoms with Gasteiger partial charge in [0.1, 0.15) is 25.3 Å². The van der Waals surface area contributed by atoms with Gasteiger partial charge in [0.15, 0.2) is 0 Å². The van der Waals surface area contributed by atoms with Gasteiger partial charge in [-0.1, -0.05) is 29.3 Å². The Kier molecular flexibility index (Phi) is 5.33. The van der Waals surface area contributed by atoms with E-state index in [0.717, 1.165) is 6.26 Å². The number of halogens is 2. The van der Waals surface area contributed by atoms with Crippen molar-refractivity contribution in [1.29, 1.82) is 0 Å². The molecule has 8 nitrogen and oxygen atoms in total. The van der Waals surface area contributed by atoms with E-state index in [1.807, 2.05) is 0 Å². The summed E-state index contributed by atoms with van der Waals surface area (Å²) < 4.78 is 40.6. The maximum atomic E-state index is 11.2. The molecule has 25 heavy (non-hydrogen) atoms. The van der Waals surface area contributed by atoms with Crippen LogP contribution in [0.25, 0.3) is 0 Å². The molecule has 1 aromatic heterocycles. The monoisotopic (exact) mass is 407 g/mol. The van der Waals surface area contributed by atoms with Crippen LogP contribution in [0.3, 0.4) is 0 Å². The molecule has 0 bridgehead atoms. The van der Waals surface area contributed by atoms with E-state index in [-0.39, 0.29) is 19.8 Å². The summed E-state index contributed by atoms with van der Waals surface area (Å²) in [7, 11) is -3.58. The number of hydrogen-bond donors (Lipinski definition) is 0. The molecule has 2 atom stereocenters. The van der Waals surface area contributed by atoms with Gasteiger partial charge in [-0.15, -0.1) is 0 Å². The van der Waals surface area contributed by atoms with E-state index in [0.29, 0.717) is 15.6 Å². The fraction of sp³-hybridized carbons (Fsp3) is 0.429. The molecular weight excluding hydrogens is 393 g/mol. The van der Waals surface area contributed by atoms with Gasteiger partial charge in [0.25, 0.3) is 10.1 Å². The second-order valence-corrected chi connectivity index (χ2v) is 8.00. The van der Waals surface area contributed by atoms with Crippen LogP contribution in [0.4, 0.5) is 0 Å². The van der Waals surface area contributed by atoms with Crippen LogP contribution in [-0.4, -0.2) is 48.8 Å². The molecule has 0 spiro atoms. The second-order valence-electron chi connectivity index (χ2n) is 5.51. The zero-order valence-electron chi connectivity index (χ0n) is 13.1. The molecule has 1 aromatic carbocycles. The van der Waals surface area contributed by atoms with Gasteiger partial charge in [-0.3, -0.25) is 4.18 Å². The lowest BCUT2D eigenvalue weighted by Crippen LogP contribution is -2.35. The summed E-state index contributed by atoms with van der Waals surface area (Å²) in [5, 5.41) is 4.89. The maximum absolute atomic E-state index is 11.2. The first-order valence-electron chi connectivity index (χ1n) is 7.21. The summed E-state index contributed by atoms with van der Waals surface area (Å²) in [4.78, 5) is 3.90. The zero-order chi connectivity index (χ0) is 18.1. The van der Waals surface area contributed by atoms with Crippen LogP contribution in [0, 0.1) is 0 Å². The van der Waals surface area contributed by atoms with E-state index < -0.39 is 22.0 Å². The maximum Gasteiger partial charge on any atom is 0.264 e. The number of ether oxygens (including phenoxy) is 2. The lowest BCUT2D eigenvalue weighted by Gasteiger charge is -2.29. The number of hydrogen-bond acceptors (Lipinski definition) is 7. The molecule has 1 saturated heterocycles. The van der Waals surface area contributed by atoms with Crippen molar-refractivity contribution in [2.24, 2.45) is 0 Å². The Hall–Kier alpha value is -1.23. The average molecular weight is 408 g/mol. The molecule has 1 aliphatic heterocycles. The second kappa shape index (κ2) is 7.18. The molecule has 0 radical (unpaired) electrons. The highest BCUT2D eigenvalue weighted by Crippen LogP contribution is 2.40. The first kappa shape index (κ1) is 18.6. The van der Waals surface area contributed by atoms with Gasteiger partial charge in [-0.25, -0.2) is 9.67 Å². The van der Waals surface area contributed by atoms with E-state index in [2.05, 4.69) is 10.1 Å². The topological polar surface area (TPSA) is 92.5 Å². The number of rotatable bonds is 6. The van der Waals surface area contributed by atoms with Gasteiger partial charge < -0.3 is 9.47 Å². The van der Waals surface area contributed by atoms with Crippen LogP contribution in [-0.2, 0) is 36.1 Å². The van der Waals surface area contributed by atoms with Crippen molar-refractivity contribution in [2.45, 2.75) is 18.4 Å². The molecule has 2 aromatic rings. The molecule has 0 saturated carbocycles. The molecule has 1 aliphatic rings. The van der Waals surface area contributed by atoms with E-state index >= 15 is 0 Å². The Morgan fingerprint density at radius 3 is 2.88 bits per heavy atom. The average Bonchev–Trinajstić information content (AvgIpc) is 3.15. The van der Waals surface area contributed by atoms with Gasteiger partial charge in [-0.05, 0) is 12.1 Å². The van der Waals surface area contributed by atoms with Crippen molar-refractivity contribution in [3.63, 3.8) is 0 Å². The Morgan fingerprint density at radius 1 is 1.44 bits per heavy atom. The predicted molar refractivity (Wildman–Crippen MR) is 89.8 cm³/mol. The first-order valence-corrected chi connectivity index (χ1v) is 9.79. The fourth-order valence-electron chi connectivity index (χ4n) is 2.48. The molecule has 1 fully saturated rings. The highest BCUT2D eigenvalue weighted by Gasteiger charge is 2.45. The highest BCUT2D eigenvalue weighted by atomic mass is 35.5. The van der Waals surface area contributed by atoms with Crippen molar-refractivity contribution in [3.8, 4) is 0 Å². The Labute approximate surface area is 154 Å². The molecule has 3 rings (SSSR count). The van der Waals surface area contributed by atoms with Crippen LogP contribution in [0.15, 0.2) is 30.9 Å². The Bertz CT molecular complexity index is 846. The summed E-state index contributed by atoms with van der Waals surface area (Å²) >= 11 is 12.3. The summed E-state index contributed by atoms with van der Waals surface area (Å²) in [5.41, 5.74) is 0.552. The van der Waals surface area contributed by atoms with Gasteiger partial charge in [0.2, 0.25) is 5.79 Å². The third-order valence-corrected chi connectivity index (χ3v) is 4.62. The van der Waals surface area contributed by atoms with Crippen molar-refractivity contribution < 1.29 is 22.1 Å². The molecular formula is C14H15Cl2N3O5S. The van der Waals surface area contributed by atoms with Gasteiger partial charge in [-0.2, -0.15) is 13.5 Å². The number of nitrogens with zero attached hydrogens (tertiary/aromatic N) is 3.